The van der Waals surface area contributed by atoms with Gasteiger partial charge in [0, 0.05) is 41.5 Å². The van der Waals surface area contributed by atoms with E-state index in [9.17, 15) is 15.8 Å². The molecule has 52 heavy (non-hydrogen) atoms. The van der Waals surface area contributed by atoms with Gasteiger partial charge in [-0.25, -0.2) is 0 Å². The smallest absolute Gasteiger partial charge is 0.437 e. The van der Waals surface area contributed by atoms with Gasteiger partial charge >= 0.3 is 6.18 Å². The average molecular weight is 707 g/mol. The standard InChI is InChI=1S/C43H45F3N4O2/c1-6-8-22-50(23-9-7-2)36-21-20-33(39(25-36)51-5)19-18-32-24-31(26-41(3,4)27-32)14-13-17-38-37(30-49)40(34(28-47)29-48)52-42(38,43(44,45)46)35-15-11-10-12-16-35/h10-21,24-25H,6-9,22-23,26-27H2,1-5H3/b17-13?,19-18+,31-14?. The van der Waals surface area contributed by atoms with E-state index < -0.39 is 34.3 Å². The first-order valence-electron chi connectivity index (χ1n) is 17.6. The molecule has 1 aliphatic carbocycles. The van der Waals surface area contributed by atoms with Crippen LogP contribution in [0.1, 0.15) is 77.3 Å². The van der Waals surface area contributed by atoms with Gasteiger partial charge in [0.15, 0.2) is 11.3 Å². The lowest BCUT2D eigenvalue weighted by Gasteiger charge is -2.33. The molecule has 0 saturated carbocycles. The Labute approximate surface area is 305 Å². The van der Waals surface area contributed by atoms with Crippen molar-refractivity contribution in [2.75, 3.05) is 25.1 Å². The summed E-state index contributed by atoms with van der Waals surface area (Å²) in [5.74, 6) is 0.0857. The lowest BCUT2D eigenvalue weighted by atomic mass is 9.75. The predicted molar refractivity (Wildman–Crippen MR) is 199 cm³/mol. The van der Waals surface area contributed by atoms with Crippen LogP contribution < -0.4 is 9.64 Å². The van der Waals surface area contributed by atoms with Gasteiger partial charge in [0.05, 0.1) is 7.11 Å². The molecule has 1 aliphatic heterocycles. The summed E-state index contributed by atoms with van der Waals surface area (Å²) in [5, 5.41) is 29.1. The van der Waals surface area contributed by atoms with E-state index in [2.05, 4.69) is 56.9 Å². The maximum Gasteiger partial charge on any atom is 0.437 e. The van der Waals surface area contributed by atoms with Crippen molar-refractivity contribution in [3.63, 3.8) is 0 Å². The number of anilines is 1. The zero-order chi connectivity index (χ0) is 37.9. The molecule has 0 radical (unpaired) electrons. The molecule has 270 valence electrons. The largest absolute Gasteiger partial charge is 0.496 e. The first-order valence-corrected chi connectivity index (χ1v) is 17.6. The number of benzene rings is 2. The van der Waals surface area contributed by atoms with Crippen molar-refractivity contribution >= 4 is 11.8 Å². The van der Waals surface area contributed by atoms with Gasteiger partial charge in [-0.15, -0.1) is 0 Å². The Bertz CT molecular complexity index is 1900. The Morgan fingerprint density at radius 3 is 2.19 bits per heavy atom. The molecule has 1 heterocycles. The second kappa shape index (κ2) is 17.2. The normalized spacial score (nSPS) is 19.3. The van der Waals surface area contributed by atoms with Crippen molar-refractivity contribution in [1.82, 2.24) is 0 Å². The molecule has 0 N–H and O–H groups in total. The van der Waals surface area contributed by atoms with Crippen LogP contribution in [0.15, 0.2) is 113 Å². The predicted octanol–water partition coefficient (Wildman–Crippen LogP) is 11.0. The second-order valence-corrected chi connectivity index (χ2v) is 13.8. The monoisotopic (exact) mass is 706 g/mol. The molecular formula is C43H45F3N4O2. The van der Waals surface area contributed by atoms with Crippen LogP contribution in [0.3, 0.4) is 0 Å². The Balaban J connectivity index is 1.73. The number of unbranched alkanes of at least 4 members (excludes halogenated alkanes) is 2. The Hall–Kier alpha value is -5.46. The number of nitrogens with zero attached hydrogens (tertiary/aromatic N) is 4. The molecule has 9 heteroatoms. The van der Waals surface area contributed by atoms with E-state index in [0.29, 0.717) is 6.42 Å². The summed E-state index contributed by atoms with van der Waals surface area (Å²) in [6.07, 6.45) is 11.4. The molecule has 6 nitrogen and oxygen atoms in total. The molecule has 0 saturated heterocycles. The van der Waals surface area contributed by atoms with E-state index >= 15 is 13.2 Å². The second-order valence-electron chi connectivity index (χ2n) is 13.8. The summed E-state index contributed by atoms with van der Waals surface area (Å²) in [6.45, 7) is 10.6. The molecule has 2 aromatic rings. The fraction of sp³-hybridized carbons (Fsp3) is 0.372. The third-order valence-electron chi connectivity index (χ3n) is 9.20. The molecular weight excluding hydrogens is 661 g/mol. The van der Waals surface area contributed by atoms with Crippen LogP contribution in [0, 0.1) is 39.4 Å². The molecule has 2 aromatic carbocycles. The van der Waals surface area contributed by atoms with Crippen molar-refractivity contribution in [3.8, 4) is 24.0 Å². The van der Waals surface area contributed by atoms with Gasteiger partial charge < -0.3 is 14.4 Å². The van der Waals surface area contributed by atoms with E-state index in [4.69, 9.17) is 9.47 Å². The maximum atomic E-state index is 15.1. The molecule has 1 unspecified atom stereocenters. The summed E-state index contributed by atoms with van der Waals surface area (Å²) < 4.78 is 56.7. The summed E-state index contributed by atoms with van der Waals surface area (Å²) in [5.41, 5.74) is -1.25. The fourth-order valence-electron chi connectivity index (χ4n) is 6.72. The zero-order valence-electron chi connectivity index (χ0n) is 30.5. The van der Waals surface area contributed by atoms with Crippen LogP contribution in [-0.2, 0) is 10.3 Å². The Kier molecular flexibility index (Phi) is 13.0. The molecule has 4 rings (SSSR count). The number of allylic oxidation sites excluding steroid dienone is 8. The van der Waals surface area contributed by atoms with Gasteiger partial charge in [0.1, 0.15) is 29.5 Å². The minimum Gasteiger partial charge on any atom is -0.496 e. The van der Waals surface area contributed by atoms with Gasteiger partial charge in [-0.05, 0) is 54.4 Å². The number of hydrogen-bond acceptors (Lipinski definition) is 6. The van der Waals surface area contributed by atoms with Crippen LogP contribution in [0.25, 0.3) is 6.08 Å². The number of ether oxygens (including phenoxy) is 2. The topological polar surface area (TPSA) is 93.1 Å². The van der Waals surface area contributed by atoms with Crippen molar-refractivity contribution in [1.29, 1.82) is 15.8 Å². The summed E-state index contributed by atoms with van der Waals surface area (Å²) in [6, 6.07) is 18.1. The quantitative estimate of drug-likeness (QED) is 0.193. The van der Waals surface area contributed by atoms with Crippen molar-refractivity contribution in [2.45, 2.75) is 78.0 Å². The van der Waals surface area contributed by atoms with Gasteiger partial charge in [0.25, 0.3) is 5.60 Å². The first kappa shape index (κ1) is 39.3. The number of methoxy groups -OCH3 is 1. The van der Waals surface area contributed by atoms with Crippen molar-refractivity contribution in [2.24, 2.45) is 5.41 Å². The van der Waals surface area contributed by atoms with Crippen LogP contribution in [0.2, 0.25) is 0 Å². The molecule has 0 bridgehead atoms. The Morgan fingerprint density at radius 1 is 0.942 bits per heavy atom. The molecule has 1 atom stereocenters. The van der Waals surface area contributed by atoms with E-state index in [-0.39, 0.29) is 11.0 Å². The van der Waals surface area contributed by atoms with Gasteiger partial charge in [-0.1, -0.05) is 107 Å². The first-order chi connectivity index (χ1) is 24.9. The van der Waals surface area contributed by atoms with E-state index in [1.54, 1.807) is 37.5 Å². The van der Waals surface area contributed by atoms with Crippen LogP contribution in [0.5, 0.6) is 5.75 Å². The van der Waals surface area contributed by atoms with Crippen LogP contribution in [0.4, 0.5) is 18.9 Å². The van der Waals surface area contributed by atoms with Crippen molar-refractivity contribution < 1.29 is 22.6 Å². The summed E-state index contributed by atoms with van der Waals surface area (Å²) >= 11 is 0. The number of alkyl halides is 3. The highest BCUT2D eigenvalue weighted by atomic mass is 19.4. The van der Waals surface area contributed by atoms with Crippen LogP contribution in [-0.4, -0.2) is 26.4 Å². The third kappa shape index (κ3) is 8.70. The molecule has 0 spiro atoms. The molecule has 2 aliphatic rings. The third-order valence-corrected chi connectivity index (χ3v) is 9.20. The van der Waals surface area contributed by atoms with Crippen molar-refractivity contribution in [3.05, 3.63) is 124 Å². The summed E-state index contributed by atoms with van der Waals surface area (Å²) in [7, 11) is 1.67. The Morgan fingerprint density at radius 2 is 1.62 bits per heavy atom. The fourth-order valence-corrected chi connectivity index (χ4v) is 6.72. The van der Waals surface area contributed by atoms with Gasteiger partial charge in [-0.2, -0.15) is 29.0 Å². The van der Waals surface area contributed by atoms with Gasteiger partial charge in [-0.3, -0.25) is 0 Å². The minimum atomic E-state index is -5.05. The number of rotatable bonds is 13. The zero-order valence-corrected chi connectivity index (χ0v) is 30.5. The average Bonchev–Trinajstić information content (AvgIpc) is 3.46. The van der Waals surface area contributed by atoms with Gasteiger partial charge in [0.2, 0.25) is 0 Å². The lowest BCUT2D eigenvalue weighted by Crippen LogP contribution is -2.43. The maximum absolute atomic E-state index is 15.1. The number of nitriles is 3. The van der Waals surface area contributed by atoms with E-state index in [1.807, 2.05) is 12.2 Å². The van der Waals surface area contributed by atoms with E-state index in [1.165, 1.54) is 36.4 Å². The summed E-state index contributed by atoms with van der Waals surface area (Å²) in [4.78, 5) is 2.41. The lowest BCUT2D eigenvalue weighted by molar-refractivity contribution is -0.249. The highest BCUT2D eigenvalue weighted by Gasteiger charge is 2.65. The molecule has 0 fully saturated rings. The highest BCUT2D eigenvalue weighted by Crippen LogP contribution is 2.55. The van der Waals surface area contributed by atoms with Crippen LogP contribution >= 0.6 is 0 Å². The minimum absolute atomic E-state index is 0.140. The number of hydrogen-bond donors (Lipinski definition) is 0. The molecule has 0 amide bonds. The SMILES string of the molecule is CCCCN(CCCC)c1ccc(/C=C/C2=CC(=CC=CC3=C(C#N)C(=C(C#N)C#N)OC3(c3ccccc3)C(F)(F)F)CC(C)(C)C2)c(OC)c1. The van der Waals surface area contributed by atoms with E-state index in [0.717, 1.165) is 73.3 Å². The molecule has 0 aromatic heterocycles. The number of halogens is 3. The highest BCUT2D eigenvalue weighted by molar-refractivity contribution is 5.66.